The van der Waals surface area contributed by atoms with Crippen LogP contribution in [0, 0.1) is 0 Å². The zero-order valence-electron chi connectivity index (χ0n) is 14.5. The molecule has 0 radical (unpaired) electrons. The molecule has 0 bridgehead atoms. The smallest absolute Gasteiger partial charge is 0.146 e. The molecule has 6 heteroatoms. The van der Waals surface area contributed by atoms with Crippen molar-refractivity contribution in [3.63, 3.8) is 0 Å². The minimum atomic E-state index is 0.482. The van der Waals surface area contributed by atoms with Crippen LogP contribution in [0.2, 0.25) is 0 Å². The second-order valence-electron chi connectivity index (χ2n) is 7.22. The lowest BCUT2D eigenvalue weighted by atomic mass is 9.97. The largest absolute Gasteiger partial charge is 0.472 e. The van der Waals surface area contributed by atoms with Gasteiger partial charge in [-0.05, 0) is 51.4 Å². The van der Waals surface area contributed by atoms with Crippen LogP contribution in [-0.4, -0.2) is 50.7 Å². The van der Waals surface area contributed by atoms with E-state index in [1.807, 2.05) is 6.26 Å². The number of aromatic nitrogens is 3. The predicted octanol–water partition coefficient (Wildman–Crippen LogP) is 2.38. The lowest BCUT2D eigenvalue weighted by Crippen LogP contribution is -2.34. The molecule has 0 N–H and O–H groups in total. The molecule has 0 aliphatic carbocycles. The molecule has 0 saturated carbocycles. The maximum Gasteiger partial charge on any atom is 0.146 e. The Kier molecular flexibility index (Phi) is 4.67. The average Bonchev–Trinajstić information content (AvgIpc) is 3.33. The summed E-state index contributed by atoms with van der Waals surface area (Å²) in [6.45, 7) is 6.51. The van der Waals surface area contributed by atoms with E-state index in [9.17, 15) is 0 Å². The van der Waals surface area contributed by atoms with Crippen molar-refractivity contribution in [3.8, 4) is 0 Å². The van der Waals surface area contributed by atoms with Gasteiger partial charge in [0.25, 0.3) is 0 Å². The number of likely N-dealkylation sites (tertiary alicyclic amines) is 2. The molecule has 2 aliphatic heterocycles. The first-order chi connectivity index (χ1) is 11.8. The third kappa shape index (κ3) is 3.39. The van der Waals surface area contributed by atoms with Crippen LogP contribution < -0.4 is 0 Å². The highest BCUT2D eigenvalue weighted by molar-refractivity contribution is 5.08. The first-order valence-corrected chi connectivity index (χ1v) is 9.13. The summed E-state index contributed by atoms with van der Waals surface area (Å²) >= 11 is 0. The van der Waals surface area contributed by atoms with Crippen LogP contribution in [0.1, 0.15) is 48.8 Å². The van der Waals surface area contributed by atoms with Crippen LogP contribution in [-0.2, 0) is 20.1 Å². The van der Waals surface area contributed by atoms with Gasteiger partial charge in [-0.15, -0.1) is 10.2 Å². The van der Waals surface area contributed by atoms with Crippen molar-refractivity contribution >= 4 is 0 Å². The summed E-state index contributed by atoms with van der Waals surface area (Å²) in [7, 11) is 2.13. The van der Waals surface area contributed by atoms with Gasteiger partial charge in [0, 0.05) is 31.6 Å². The predicted molar refractivity (Wildman–Crippen MR) is 91.5 cm³/mol. The monoisotopic (exact) mass is 329 g/mol. The molecule has 4 rings (SSSR count). The average molecular weight is 329 g/mol. The van der Waals surface area contributed by atoms with Gasteiger partial charge in [0.05, 0.1) is 19.1 Å². The molecule has 6 nitrogen and oxygen atoms in total. The molecule has 24 heavy (non-hydrogen) atoms. The Morgan fingerprint density at radius 3 is 2.71 bits per heavy atom. The van der Waals surface area contributed by atoms with Crippen molar-refractivity contribution in [1.82, 2.24) is 24.6 Å². The highest BCUT2D eigenvalue weighted by Gasteiger charge is 2.26. The van der Waals surface area contributed by atoms with Crippen molar-refractivity contribution in [2.24, 2.45) is 7.05 Å². The fourth-order valence-corrected chi connectivity index (χ4v) is 4.06. The molecule has 2 aromatic heterocycles. The minimum absolute atomic E-state index is 0.482. The maximum absolute atomic E-state index is 5.20. The van der Waals surface area contributed by atoms with Crippen LogP contribution >= 0.6 is 0 Å². The normalized spacial score (nSPS) is 23.1. The molecule has 0 unspecified atom stereocenters. The van der Waals surface area contributed by atoms with Gasteiger partial charge in [0.2, 0.25) is 0 Å². The van der Waals surface area contributed by atoms with Gasteiger partial charge in [-0.3, -0.25) is 9.80 Å². The SMILES string of the molecule is Cn1c(CN2CCCC2)nnc1[C@@H]1CCCN(Cc2ccoc2)C1. The lowest BCUT2D eigenvalue weighted by Gasteiger charge is -2.31. The van der Waals surface area contributed by atoms with Crippen LogP contribution in [0.15, 0.2) is 23.0 Å². The molecule has 130 valence electrons. The quantitative estimate of drug-likeness (QED) is 0.843. The molecule has 2 saturated heterocycles. The molecule has 0 aromatic carbocycles. The van der Waals surface area contributed by atoms with Gasteiger partial charge in [-0.25, -0.2) is 0 Å². The lowest BCUT2D eigenvalue weighted by molar-refractivity contribution is 0.194. The van der Waals surface area contributed by atoms with E-state index in [1.165, 1.54) is 44.3 Å². The number of hydrogen-bond acceptors (Lipinski definition) is 5. The summed E-state index contributed by atoms with van der Waals surface area (Å²) in [5.74, 6) is 2.75. The Bertz CT molecular complexity index is 644. The van der Waals surface area contributed by atoms with E-state index in [1.54, 1.807) is 6.26 Å². The Balaban J connectivity index is 1.42. The zero-order chi connectivity index (χ0) is 16.4. The molecule has 2 fully saturated rings. The summed E-state index contributed by atoms with van der Waals surface area (Å²) in [6.07, 6.45) is 8.66. The van der Waals surface area contributed by atoms with Crippen LogP contribution in [0.5, 0.6) is 0 Å². The second-order valence-corrected chi connectivity index (χ2v) is 7.22. The zero-order valence-corrected chi connectivity index (χ0v) is 14.5. The van der Waals surface area contributed by atoms with Gasteiger partial charge in [0.1, 0.15) is 11.6 Å². The number of furan rings is 1. The summed E-state index contributed by atoms with van der Waals surface area (Å²) in [5.41, 5.74) is 1.25. The van der Waals surface area contributed by atoms with E-state index in [0.717, 1.165) is 37.8 Å². The number of hydrogen-bond donors (Lipinski definition) is 0. The number of rotatable bonds is 5. The molecule has 4 heterocycles. The van der Waals surface area contributed by atoms with Crippen LogP contribution in [0.4, 0.5) is 0 Å². The number of nitrogens with zero attached hydrogens (tertiary/aromatic N) is 5. The Morgan fingerprint density at radius 1 is 1.08 bits per heavy atom. The first kappa shape index (κ1) is 15.8. The third-order valence-electron chi connectivity index (χ3n) is 5.42. The van der Waals surface area contributed by atoms with Gasteiger partial charge >= 0.3 is 0 Å². The molecule has 1 atom stereocenters. The fourth-order valence-electron chi connectivity index (χ4n) is 4.06. The molecule has 0 spiro atoms. The highest BCUT2D eigenvalue weighted by Crippen LogP contribution is 2.27. The molecular formula is C18H27N5O. The van der Waals surface area contributed by atoms with Gasteiger partial charge < -0.3 is 8.98 Å². The van der Waals surface area contributed by atoms with Gasteiger partial charge in [-0.1, -0.05) is 0 Å². The molecular weight excluding hydrogens is 302 g/mol. The summed E-state index contributed by atoms with van der Waals surface area (Å²) in [4.78, 5) is 4.99. The maximum atomic E-state index is 5.20. The van der Waals surface area contributed by atoms with Crippen molar-refractivity contribution < 1.29 is 4.42 Å². The Hall–Kier alpha value is -1.66. The highest BCUT2D eigenvalue weighted by atomic mass is 16.3. The fraction of sp³-hybridized carbons (Fsp3) is 0.667. The number of piperidine rings is 1. The van der Waals surface area contributed by atoms with Crippen molar-refractivity contribution in [3.05, 3.63) is 35.8 Å². The summed E-state index contributed by atoms with van der Waals surface area (Å²) in [6, 6.07) is 2.06. The standard InChI is InChI=1S/C18H27N5O/c1-21-17(13-22-7-2-3-8-22)19-20-18(21)16-5-4-9-23(12-16)11-15-6-10-24-14-15/h6,10,14,16H,2-5,7-9,11-13H2,1H3/t16-/m1/s1. The summed E-state index contributed by atoms with van der Waals surface area (Å²) < 4.78 is 7.44. The van der Waals surface area contributed by atoms with E-state index in [2.05, 4.69) is 37.7 Å². The third-order valence-corrected chi connectivity index (χ3v) is 5.42. The second kappa shape index (κ2) is 7.07. The first-order valence-electron chi connectivity index (χ1n) is 9.13. The van der Waals surface area contributed by atoms with Crippen molar-refractivity contribution in [1.29, 1.82) is 0 Å². The van der Waals surface area contributed by atoms with E-state index < -0.39 is 0 Å². The van der Waals surface area contributed by atoms with Gasteiger partial charge in [0.15, 0.2) is 0 Å². The molecule has 2 aliphatic rings. The summed E-state index contributed by atoms with van der Waals surface area (Å²) in [5, 5.41) is 9.05. The molecule has 0 amide bonds. The van der Waals surface area contributed by atoms with E-state index in [4.69, 9.17) is 4.42 Å². The van der Waals surface area contributed by atoms with Crippen LogP contribution in [0.25, 0.3) is 0 Å². The minimum Gasteiger partial charge on any atom is -0.472 e. The van der Waals surface area contributed by atoms with Gasteiger partial charge in [-0.2, -0.15) is 0 Å². The van der Waals surface area contributed by atoms with Crippen LogP contribution in [0.3, 0.4) is 0 Å². The Labute approximate surface area is 143 Å². The topological polar surface area (TPSA) is 50.3 Å². The van der Waals surface area contributed by atoms with Crippen molar-refractivity contribution in [2.75, 3.05) is 26.2 Å². The van der Waals surface area contributed by atoms with E-state index in [-0.39, 0.29) is 0 Å². The molecule has 2 aromatic rings. The van der Waals surface area contributed by atoms with Crippen molar-refractivity contribution in [2.45, 2.75) is 44.7 Å². The van der Waals surface area contributed by atoms with E-state index in [0.29, 0.717) is 5.92 Å². The van der Waals surface area contributed by atoms with E-state index >= 15 is 0 Å². The Morgan fingerprint density at radius 2 is 1.92 bits per heavy atom.